The summed E-state index contributed by atoms with van der Waals surface area (Å²) in [5, 5.41) is 4.69. The number of nitrogen functional groups attached to an aromatic ring is 1. The SMILES string of the molecule is CCCCC(CC)CNc1ccc(N)c2ncccc12. The standard InChI is InChI=1S/C17H25N3/c1-3-5-7-13(4-2)12-20-16-10-9-15(18)17-14(16)8-6-11-19-17/h6,8-11,13,20H,3-5,7,12,18H2,1-2H3. The minimum absolute atomic E-state index is 0.735. The normalized spacial score (nSPS) is 12.5. The number of unbranched alkanes of at least 4 members (excludes halogenated alkanes) is 1. The summed E-state index contributed by atoms with van der Waals surface area (Å²) in [5.74, 6) is 0.735. The van der Waals surface area contributed by atoms with Crippen molar-refractivity contribution in [2.45, 2.75) is 39.5 Å². The van der Waals surface area contributed by atoms with Crippen molar-refractivity contribution < 1.29 is 0 Å². The van der Waals surface area contributed by atoms with Crippen LogP contribution in [0.25, 0.3) is 10.9 Å². The first-order chi connectivity index (χ1) is 9.76. The van der Waals surface area contributed by atoms with Crippen molar-refractivity contribution in [1.82, 2.24) is 4.98 Å². The number of pyridine rings is 1. The first kappa shape index (κ1) is 14.6. The molecule has 1 aromatic heterocycles. The van der Waals surface area contributed by atoms with Gasteiger partial charge in [-0.3, -0.25) is 4.98 Å². The number of nitrogens with one attached hydrogen (secondary N) is 1. The molecule has 0 aliphatic carbocycles. The first-order valence-corrected chi connectivity index (χ1v) is 7.63. The predicted molar refractivity (Wildman–Crippen MR) is 88.0 cm³/mol. The highest BCUT2D eigenvalue weighted by atomic mass is 14.9. The van der Waals surface area contributed by atoms with Crippen molar-refractivity contribution >= 4 is 22.3 Å². The molecule has 0 saturated heterocycles. The van der Waals surface area contributed by atoms with Gasteiger partial charge in [-0.25, -0.2) is 0 Å². The third-order valence-electron chi connectivity index (χ3n) is 3.93. The summed E-state index contributed by atoms with van der Waals surface area (Å²) in [6.07, 6.45) is 6.89. The molecule has 1 heterocycles. The van der Waals surface area contributed by atoms with Gasteiger partial charge in [0.05, 0.1) is 11.2 Å². The van der Waals surface area contributed by atoms with Crippen LogP contribution in [0.4, 0.5) is 11.4 Å². The maximum atomic E-state index is 5.98. The molecule has 108 valence electrons. The van der Waals surface area contributed by atoms with E-state index in [1.165, 1.54) is 25.7 Å². The number of aromatic nitrogens is 1. The molecule has 3 nitrogen and oxygen atoms in total. The van der Waals surface area contributed by atoms with Crippen LogP contribution in [0.2, 0.25) is 0 Å². The lowest BCUT2D eigenvalue weighted by molar-refractivity contribution is 0.473. The molecule has 1 aromatic carbocycles. The molecule has 0 fully saturated rings. The second-order valence-corrected chi connectivity index (χ2v) is 5.40. The Morgan fingerprint density at radius 1 is 1.25 bits per heavy atom. The molecule has 1 unspecified atom stereocenters. The summed E-state index contributed by atoms with van der Waals surface area (Å²) in [7, 11) is 0. The van der Waals surface area contributed by atoms with E-state index in [-0.39, 0.29) is 0 Å². The van der Waals surface area contributed by atoms with E-state index in [9.17, 15) is 0 Å². The van der Waals surface area contributed by atoms with Gasteiger partial charge in [0, 0.05) is 23.8 Å². The van der Waals surface area contributed by atoms with E-state index in [1.54, 1.807) is 6.20 Å². The lowest BCUT2D eigenvalue weighted by atomic mass is 9.99. The fourth-order valence-corrected chi connectivity index (χ4v) is 2.55. The topological polar surface area (TPSA) is 50.9 Å². The lowest BCUT2D eigenvalue weighted by Crippen LogP contribution is -2.14. The molecule has 3 heteroatoms. The number of fused-ring (bicyclic) bond motifs is 1. The van der Waals surface area contributed by atoms with Crippen LogP contribution in [-0.4, -0.2) is 11.5 Å². The van der Waals surface area contributed by atoms with Gasteiger partial charge >= 0.3 is 0 Å². The molecule has 0 spiro atoms. The number of hydrogen-bond acceptors (Lipinski definition) is 3. The number of benzene rings is 1. The van der Waals surface area contributed by atoms with E-state index in [4.69, 9.17) is 5.73 Å². The van der Waals surface area contributed by atoms with Gasteiger partial charge in [-0.2, -0.15) is 0 Å². The lowest BCUT2D eigenvalue weighted by Gasteiger charge is -2.17. The van der Waals surface area contributed by atoms with Crippen LogP contribution in [0, 0.1) is 5.92 Å². The zero-order valence-electron chi connectivity index (χ0n) is 12.5. The molecule has 0 aliphatic heterocycles. The van der Waals surface area contributed by atoms with Gasteiger partial charge in [0.2, 0.25) is 0 Å². The van der Waals surface area contributed by atoms with Gasteiger partial charge in [0.15, 0.2) is 0 Å². The number of nitrogens with two attached hydrogens (primary N) is 1. The number of nitrogens with zero attached hydrogens (tertiary/aromatic N) is 1. The Morgan fingerprint density at radius 2 is 2.10 bits per heavy atom. The second-order valence-electron chi connectivity index (χ2n) is 5.40. The molecule has 2 rings (SSSR count). The van der Waals surface area contributed by atoms with Crippen molar-refractivity contribution in [3.63, 3.8) is 0 Å². The predicted octanol–water partition coefficient (Wildman–Crippen LogP) is 4.45. The zero-order valence-corrected chi connectivity index (χ0v) is 12.5. The number of rotatable bonds is 7. The maximum absolute atomic E-state index is 5.98. The molecule has 20 heavy (non-hydrogen) atoms. The second kappa shape index (κ2) is 7.13. The molecular formula is C17H25N3. The van der Waals surface area contributed by atoms with Crippen LogP contribution in [0.1, 0.15) is 39.5 Å². The van der Waals surface area contributed by atoms with Crippen LogP contribution >= 0.6 is 0 Å². The van der Waals surface area contributed by atoms with Gasteiger partial charge in [-0.1, -0.05) is 33.1 Å². The molecule has 2 aromatic rings. The summed E-state index contributed by atoms with van der Waals surface area (Å²) in [5.41, 5.74) is 8.75. The molecular weight excluding hydrogens is 246 g/mol. The smallest absolute Gasteiger partial charge is 0.0951 e. The fraction of sp³-hybridized carbons (Fsp3) is 0.471. The van der Waals surface area contributed by atoms with Crippen LogP contribution in [-0.2, 0) is 0 Å². The monoisotopic (exact) mass is 271 g/mol. The summed E-state index contributed by atoms with van der Waals surface area (Å²) in [6, 6.07) is 8.03. The van der Waals surface area contributed by atoms with E-state index < -0.39 is 0 Å². The molecule has 0 radical (unpaired) electrons. The fourth-order valence-electron chi connectivity index (χ4n) is 2.55. The zero-order chi connectivity index (χ0) is 14.4. The van der Waals surface area contributed by atoms with Crippen molar-refractivity contribution in [1.29, 1.82) is 0 Å². The Morgan fingerprint density at radius 3 is 2.85 bits per heavy atom. The Hall–Kier alpha value is -1.77. The van der Waals surface area contributed by atoms with Gasteiger partial charge in [-0.15, -0.1) is 0 Å². The van der Waals surface area contributed by atoms with Crippen molar-refractivity contribution in [2.24, 2.45) is 5.92 Å². The van der Waals surface area contributed by atoms with E-state index in [0.29, 0.717) is 0 Å². The summed E-state index contributed by atoms with van der Waals surface area (Å²) in [4.78, 5) is 4.37. The molecule has 1 atom stereocenters. The van der Waals surface area contributed by atoms with E-state index in [2.05, 4.69) is 36.3 Å². The quantitative estimate of drug-likeness (QED) is 0.732. The van der Waals surface area contributed by atoms with E-state index in [0.717, 1.165) is 34.7 Å². The Bertz CT molecular complexity index is 551. The Kier molecular flexibility index (Phi) is 5.22. The summed E-state index contributed by atoms with van der Waals surface area (Å²) < 4.78 is 0. The molecule has 0 aliphatic rings. The van der Waals surface area contributed by atoms with Crippen LogP contribution in [0.15, 0.2) is 30.5 Å². The van der Waals surface area contributed by atoms with Crippen molar-refractivity contribution in [3.05, 3.63) is 30.5 Å². The Labute approximate surface area is 121 Å². The maximum Gasteiger partial charge on any atom is 0.0951 e. The Balaban J connectivity index is 2.11. The van der Waals surface area contributed by atoms with Gasteiger partial charge in [0.1, 0.15) is 0 Å². The molecule has 3 N–H and O–H groups in total. The highest BCUT2D eigenvalue weighted by molar-refractivity contribution is 5.98. The van der Waals surface area contributed by atoms with Gasteiger partial charge < -0.3 is 11.1 Å². The van der Waals surface area contributed by atoms with E-state index in [1.807, 2.05) is 12.1 Å². The number of anilines is 2. The van der Waals surface area contributed by atoms with Crippen LogP contribution in [0.5, 0.6) is 0 Å². The van der Waals surface area contributed by atoms with E-state index >= 15 is 0 Å². The van der Waals surface area contributed by atoms with Gasteiger partial charge in [-0.05, 0) is 36.6 Å². The highest BCUT2D eigenvalue weighted by Gasteiger charge is 2.08. The minimum atomic E-state index is 0.735. The van der Waals surface area contributed by atoms with Crippen LogP contribution < -0.4 is 11.1 Å². The third kappa shape index (κ3) is 3.41. The van der Waals surface area contributed by atoms with Crippen molar-refractivity contribution in [2.75, 3.05) is 17.6 Å². The number of hydrogen-bond donors (Lipinski definition) is 2. The average Bonchev–Trinajstić information content (AvgIpc) is 2.49. The minimum Gasteiger partial charge on any atom is -0.397 e. The van der Waals surface area contributed by atoms with Crippen molar-refractivity contribution in [3.8, 4) is 0 Å². The highest BCUT2D eigenvalue weighted by Crippen LogP contribution is 2.27. The molecule has 0 amide bonds. The van der Waals surface area contributed by atoms with Gasteiger partial charge in [0.25, 0.3) is 0 Å². The molecule has 0 bridgehead atoms. The first-order valence-electron chi connectivity index (χ1n) is 7.63. The average molecular weight is 271 g/mol. The molecule has 0 saturated carbocycles. The van der Waals surface area contributed by atoms with Crippen LogP contribution in [0.3, 0.4) is 0 Å². The third-order valence-corrected chi connectivity index (χ3v) is 3.93. The summed E-state index contributed by atoms with van der Waals surface area (Å²) >= 11 is 0. The largest absolute Gasteiger partial charge is 0.397 e. The summed E-state index contributed by atoms with van der Waals surface area (Å²) in [6.45, 7) is 5.54.